The van der Waals surface area contributed by atoms with Crippen molar-refractivity contribution in [2.45, 2.75) is 19.4 Å². The minimum Gasteiger partial charge on any atom is -0.354 e. The van der Waals surface area contributed by atoms with Gasteiger partial charge in [-0.2, -0.15) is 0 Å². The molecule has 5 nitrogen and oxygen atoms in total. The number of nitrogens with zero attached hydrogens (tertiary/aromatic N) is 3. The van der Waals surface area contributed by atoms with Gasteiger partial charge in [0, 0.05) is 31.3 Å². The second-order valence-corrected chi connectivity index (χ2v) is 7.91. The highest BCUT2D eigenvalue weighted by atomic mass is 35.5. The van der Waals surface area contributed by atoms with Crippen molar-refractivity contribution in [2.75, 3.05) is 6.54 Å². The van der Waals surface area contributed by atoms with Gasteiger partial charge in [0.05, 0.1) is 21.1 Å². The second-order valence-electron chi connectivity index (χ2n) is 7.09. The van der Waals surface area contributed by atoms with Crippen LogP contribution >= 0.6 is 23.2 Å². The van der Waals surface area contributed by atoms with Crippen LogP contribution in [0.5, 0.6) is 0 Å². The van der Waals surface area contributed by atoms with Gasteiger partial charge in [-0.15, -0.1) is 0 Å². The molecule has 0 aliphatic carbocycles. The number of benzene rings is 2. The summed E-state index contributed by atoms with van der Waals surface area (Å²) in [6.45, 7) is 0.551. The maximum absolute atomic E-state index is 13.3. The van der Waals surface area contributed by atoms with Crippen LogP contribution in [0.15, 0.2) is 60.8 Å². The van der Waals surface area contributed by atoms with E-state index in [1.54, 1.807) is 30.5 Å². The van der Waals surface area contributed by atoms with E-state index in [1.807, 2.05) is 22.8 Å². The first kappa shape index (κ1) is 21.3. The molecular formula is C23H19Cl2FN4O. The maximum atomic E-state index is 13.3. The van der Waals surface area contributed by atoms with E-state index < -0.39 is 0 Å². The molecular weight excluding hydrogens is 438 g/mol. The van der Waals surface area contributed by atoms with E-state index in [-0.39, 0.29) is 18.3 Å². The molecule has 4 aromatic rings. The molecule has 0 bridgehead atoms. The van der Waals surface area contributed by atoms with Crippen molar-refractivity contribution in [3.05, 3.63) is 93.7 Å². The van der Waals surface area contributed by atoms with E-state index in [0.29, 0.717) is 46.3 Å². The first-order chi connectivity index (χ1) is 15.0. The van der Waals surface area contributed by atoms with E-state index >= 15 is 0 Å². The third kappa shape index (κ3) is 5.21. The number of imidazole rings is 1. The Morgan fingerprint density at radius 2 is 1.84 bits per heavy atom. The third-order valence-corrected chi connectivity index (χ3v) is 5.60. The van der Waals surface area contributed by atoms with Gasteiger partial charge in [-0.3, -0.25) is 9.78 Å². The van der Waals surface area contributed by atoms with E-state index in [9.17, 15) is 9.18 Å². The van der Waals surface area contributed by atoms with Gasteiger partial charge in [0.2, 0.25) is 5.91 Å². The van der Waals surface area contributed by atoms with Crippen molar-refractivity contribution >= 4 is 40.1 Å². The predicted octanol–water partition coefficient (Wildman–Crippen LogP) is 4.83. The molecule has 2 aromatic carbocycles. The van der Waals surface area contributed by atoms with E-state index in [2.05, 4.69) is 15.3 Å². The summed E-state index contributed by atoms with van der Waals surface area (Å²) >= 11 is 12.4. The largest absolute Gasteiger partial charge is 0.354 e. The van der Waals surface area contributed by atoms with E-state index in [4.69, 9.17) is 23.2 Å². The van der Waals surface area contributed by atoms with Crippen LogP contribution in [0.2, 0.25) is 10.0 Å². The van der Waals surface area contributed by atoms with Gasteiger partial charge in [-0.25, -0.2) is 9.37 Å². The topological polar surface area (TPSA) is 59.8 Å². The number of amides is 1. The fourth-order valence-corrected chi connectivity index (χ4v) is 3.66. The summed E-state index contributed by atoms with van der Waals surface area (Å²) in [5.74, 6) is 0.213. The lowest BCUT2D eigenvalue weighted by Gasteiger charge is -2.11. The number of nitrogens with one attached hydrogen (secondary N) is 1. The highest BCUT2D eigenvalue weighted by Gasteiger charge is 2.16. The molecule has 158 valence electrons. The zero-order chi connectivity index (χ0) is 21.8. The molecule has 0 spiro atoms. The lowest BCUT2D eigenvalue weighted by molar-refractivity contribution is -0.121. The van der Waals surface area contributed by atoms with Crippen LogP contribution in [0.1, 0.15) is 17.1 Å². The van der Waals surface area contributed by atoms with Crippen LogP contribution in [0.4, 0.5) is 4.39 Å². The van der Waals surface area contributed by atoms with Crippen molar-refractivity contribution < 1.29 is 9.18 Å². The Hall–Kier alpha value is -2.96. The lowest BCUT2D eigenvalue weighted by Crippen LogP contribution is -2.30. The number of hydrogen-bond donors (Lipinski definition) is 1. The van der Waals surface area contributed by atoms with E-state index in [0.717, 1.165) is 11.3 Å². The Morgan fingerprint density at radius 3 is 2.58 bits per heavy atom. The number of carbonyl (C=O) groups excluding carboxylic acids is 1. The summed E-state index contributed by atoms with van der Waals surface area (Å²) in [6.07, 6.45) is 2.80. The molecule has 8 heteroatoms. The monoisotopic (exact) mass is 456 g/mol. The summed E-state index contributed by atoms with van der Waals surface area (Å²) in [5, 5.41) is 3.71. The standard InChI is InChI=1S/C23H19Cl2FN4O/c24-18-12-20-21(13-19(18)25)30(22(29-20)11-15-4-6-16(26)7-5-15)14-23(31)28-10-8-17-3-1-2-9-27-17/h1-7,9,12-13H,8,10-11,14H2,(H,28,31). The first-order valence-corrected chi connectivity index (χ1v) is 10.5. The minimum atomic E-state index is -0.303. The van der Waals surface area contributed by atoms with Crippen LogP contribution in [0, 0.1) is 5.82 Å². The number of fused-ring (bicyclic) bond motifs is 1. The molecule has 4 rings (SSSR count). The number of pyridine rings is 1. The molecule has 0 aliphatic rings. The zero-order valence-electron chi connectivity index (χ0n) is 16.5. The fraction of sp³-hybridized carbons (Fsp3) is 0.174. The Bertz CT molecular complexity index is 1210. The van der Waals surface area contributed by atoms with Crippen molar-refractivity contribution in [2.24, 2.45) is 0 Å². The zero-order valence-corrected chi connectivity index (χ0v) is 18.0. The second kappa shape index (κ2) is 9.45. The molecule has 0 unspecified atom stereocenters. The third-order valence-electron chi connectivity index (χ3n) is 4.88. The molecule has 1 N–H and O–H groups in total. The van der Waals surface area contributed by atoms with Crippen LogP contribution < -0.4 is 5.32 Å². The van der Waals surface area contributed by atoms with Crippen molar-refractivity contribution in [3.8, 4) is 0 Å². The number of hydrogen-bond acceptors (Lipinski definition) is 3. The van der Waals surface area contributed by atoms with E-state index in [1.165, 1.54) is 12.1 Å². The maximum Gasteiger partial charge on any atom is 0.240 e. The quantitative estimate of drug-likeness (QED) is 0.433. The fourth-order valence-electron chi connectivity index (χ4n) is 3.34. The smallest absolute Gasteiger partial charge is 0.240 e. The van der Waals surface area contributed by atoms with Gasteiger partial charge in [0.1, 0.15) is 18.2 Å². The molecule has 0 saturated heterocycles. The highest BCUT2D eigenvalue weighted by Crippen LogP contribution is 2.29. The van der Waals surface area contributed by atoms with Crippen LogP contribution in [0.3, 0.4) is 0 Å². The number of aromatic nitrogens is 3. The Morgan fingerprint density at radius 1 is 1.06 bits per heavy atom. The van der Waals surface area contributed by atoms with Gasteiger partial charge >= 0.3 is 0 Å². The highest BCUT2D eigenvalue weighted by molar-refractivity contribution is 6.42. The summed E-state index contributed by atoms with van der Waals surface area (Å²) in [7, 11) is 0. The molecule has 1 amide bonds. The molecule has 31 heavy (non-hydrogen) atoms. The average molecular weight is 457 g/mol. The lowest BCUT2D eigenvalue weighted by atomic mass is 10.1. The van der Waals surface area contributed by atoms with Crippen molar-refractivity contribution in [1.82, 2.24) is 19.9 Å². The molecule has 2 aromatic heterocycles. The van der Waals surface area contributed by atoms with Gasteiger partial charge in [-0.1, -0.05) is 41.4 Å². The Balaban J connectivity index is 1.55. The number of halogens is 3. The Labute approximate surface area is 188 Å². The van der Waals surface area contributed by atoms with Crippen LogP contribution in [-0.4, -0.2) is 27.0 Å². The summed E-state index contributed by atoms with van der Waals surface area (Å²) in [6, 6.07) is 15.3. The molecule has 0 fully saturated rings. The summed E-state index contributed by atoms with van der Waals surface area (Å²) < 4.78 is 15.1. The van der Waals surface area contributed by atoms with Crippen LogP contribution in [0.25, 0.3) is 11.0 Å². The average Bonchev–Trinajstić information content (AvgIpc) is 3.06. The van der Waals surface area contributed by atoms with Gasteiger partial charge in [0.25, 0.3) is 0 Å². The summed E-state index contributed by atoms with van der Waals surface area (Å²) in [5.41, 5.74) is 3.15. The van der Waals surface area contributed by atoms with Gasteiger partial charge < -0.3 is 9.88 Å². The van der Waals surface area contributed by atoms with Gasteiger partial charge in [0.15, 0.2) is 0 Å². The molecule has 0 aliphatic heterocycles. The first-order valence-electron chi connectivity index (χ1n) is 9.75. The van der Waals surface area contributed by atoms with Gasteiger partial charge in [-0.05, 0) is 42.0 Å². The Kier molecular flexibility index (Phi) is 6.49. The molecule has 0 radical (unpaired) electrons. The van der Waals surface area contributed by atoms with Crippen molar-refractivity contribution in [1.29, 1.82) is 0 Å². The predicted molar refractivity (Wildman–Crippen MR) is 120 cm³/mol. The molecule has 2 heterocycles. The SMILES string of the molecule is O=C(Cn1c(Cc2ccc(F)cc2)nc2cc(Cl)c(Cl)cc21)NCCc1ccccn1. The number of rotatable bonds is 7. The minimum absolute atomic E-state index is 0.0766. The number of carbonyl (C=O) groups is 1. The summed E-state index contributed by atoms with van der Waals surface area (Å²) in [4.78, 5) is 21.6. The van der Waals surface area contributed by atoms with Crippen LogP contribution in [-0.2, 0) is 24.2 Å². The molecule has 0 atom stereocenters. The normalized spacial score (nSPS) is 11.1. The molecule has 0 saturated carbocycles. The van der Waals surface area contributed by atoms with Crippen molar-refractivity contribution in [3.63, 3.8) is 0 Å².